The summed E-state index contributed by atoms with van der Waals surface area (Å²) in [6.07, 6.45) is 2.85. The van der Waals surface area contributed by atoms with Crippen LogP contribution >= 0.6 is 0 Å². The van der Waals surface area contributed by atoms with E-state index in [0.29, 0.717) is 0 Å². The molecule has 1 aliphatic heterocycles. The summed E-state index contributed by atoms with van der Waals surface area (Å²) in [6, 6.07) is 16.0. The van der Waals surface area contributed by atoms with Crippen molar-refractivity contribution >= 4 is 6.29 Å². The lowest BCUT2D eigenvalue weighted by molar-refractivity contribution is 0.112. The fraction of sp³-hybridized carbons (Fsp3) is 0.188. The second-order valence-corrected chi connectivity index (χ2v) is 4.62. The predicted molar refractivity (Wildman–Crippen MR) is 70.1 cm³/mol. The van der Waals surface area contributed by atoms with Crippen LogP contribution in [-0.4, -0.2) is 12.4 Å². The van der Waals surface area contributed by atoms with Crippen LogP contribution in [0.1, 0.15) is 21.5 Å². The maximum Gasteiger partial charge on any atom is 0.150 e. The first-order valence-corrected chi connectivity index (χ1v) is 6.14. The van der Waals surface area contributed by atoms with Gasteiger partial charge in [-0.3, -0.25) is 4.79 Å². The fourth-order valence-corrected chi connectivity index (χ4v) is 2.40. The van der Waals surface area contributed by atoms with Crippen LogP contribution in [0.5, 0.6) is 5.75 Å². The summed E-state index contributed by atoms with van der Waals surface area (Å²) in [5.74, 6) is 0.918. The third kappa shape index (κ3) is 2.14. The Morgan fingerprint density at radius 3 is 2.78 bits per heavy atom. The maximum absolute atomic E-state index is 10.7. The predicted octanol–water partition coefficient (Wildman–Crippen LogP) is 3.05. The van der Waals surface area contributed by atoms with Crippen molar-refractivity contribution in [2.24, 2.45) is 0 Å². The Bertz CT molecular complexity index is 561. The van der Waals surface area contributed by atoms with Gasteiger partial charge in [0.2, 0.25) is 0 Å². The molecule has 0 amide bonds. The van der Waals surface area contributed by atoms with Crippen LogP contribution in [-0.2, 0) is 12.8 Å². The van der Waals surface area contributed by atoms with E-state index in [1.807, 2.05) is 30.3 Å². The van der Waals surface area contributed by atoms with Gasteiger partial charge in [0.15, 0.2) is 0 Å². The smallest absolute Gasteiger partial charge is 0.150 e. The zero-order valence-corrected chi connectivity index (χ0v) is 10.0. The van der Waals surface area contributed by atoms with E-state index in [1.165, 1.54) is 5.56 Å². The van der Waals surface area contributed by atoms with Gasteiger partial charge in [0.1, 0.15) is 18.1 Å². The average Bonchev–Trinajstić information content (AvgIpc) is 2.80. The Hall–Kier alpha value is -2.09. The molecule has 90 valence electrons. The maximum atomic E-state index is 10.7. The number of rotatable bonds is 3. The van der Waals surface area contributed by atoms with Gasteiger partial charge in [-0.15, -0.1) is 0 Å². The lowest BCUT2D eigenvalue weighted by atomic mass is 10.0. The van der Waals surface area contributed by atoms with E-state index in [4.69, 9.17) is 4.74 Å². The summed E-state index contributed by atoms with van der Waals surface area (Å²) < 4.78 is 5.89. The molecule has 0 aliphatic carbocycles. The first kappa shape index (κ1) is 11.0. The molecule has 0 saturated heterocycles. The van der Waals surface area contributed by atoms with E-state index in [-0.39, 0.29) is 6.10 Å². The highest BCUT2D eigenvalue weighted by Crippen LogP contribution is 2.30. The fourth-order valence-electron chi connectivity index (χ4n) is 2.40. The number of hydrogen-bond acceptors (Lipinski definition) is 2. The van der Waals surface area contributed by atoms with Crippen molar-refractivity contribution in [3.8, 4) is 5.75 Å². The van der Waals surface area contributed by atoms with Gasteiger partial charge in [-0.25, -0.2) is 0 Å². The minimum Gasteiger partial charge on any atom is -0.489 e. The van der Waals surface area contributed by atoms with Crippen LogP contribution in [0.25, 0.3) is 0 Å². The molecule has 0 unspecified atom stereocenters. The van der Waals surface area contributed by atoms with Crippen molar-refractivity contribution in [1.29, 1.82) is 0 Å². The molecule has 18 heavy (non-hydrogen) atoms. The Labute approximate surface area is 106 Å². The standard InChI is InChI=1S/C16H14O2/c17-11-13-6-7-16-14(8-13)10-15(18-16)9-12-4-2-1-3-5-12/h1-8,11,15H,9-10H2/t15-/m0/s1. The Kier molecular flexibility index (Phi) is 2.85. The molecule has 0 fully saturated rings. The average molecular weight is 238 g/mol. The Balaban J connectivity index is 1.75. The molecule has 2 aromatic carbocycles. The lowest BCUT2D eigenvalue weighted by Crippen LogP contribution is -2.16. The number of aldehydes is 1. The van der Waals surface area contributed by atoms with Gasteiger partial charge in [-0.05, 0) is 29.3 Å². The van der Waals surface area contributed by atoms with Gasteiger partial charge < -0.3 is 4.74 Å². The molecule has 2 aromatic rings. The highest BCUT2D eigenvalue weighted by molar-refractivity contribution is 5.75. The molecular formula is C16H14O2. The third-order valence-electron chi connectivity index (χ3n) is 3.27. The monoisotopic (exact) mass is 238 g/mol. The van der Waals surface area contributed by atoms with E-state index in [9.17, 15) is 4.79 Å². The normalized spacial score (nSPS) is 17.0. The van der Waals surface area contributed by atoms with Crippen LogP contribution in [0.2, 0.25) is 0 Å². The van der Waals surface area contributed by atoms with Crippen LogP contribution in [0.15, 0.2) is 48.5 Å². The number of carbonyl (C=O) groups excluding carboxylic acids is 1. The minimum absolute atomic E-state index is 0.185. The molecule has 3 rings (SSSR count). The van der Waals surface area contributed by atoms with Crippen LogP contribution in [0.4, 0.5) is 0 Å². The van der Waals surface area contributed by atoms with Crippen molar-refractivity contribution in [3.05, 3.63) is 65.2 Å². The van der Waals surface area contributed by atoms with E-state index in [1.54, 1.807) is 6.07 Å². The molecule has 1 aliphatic rings. The van der Waals surface area contributed by atoms with E-state index < -0.39 is 0 Å². The zero-order chi connectivity index (χ0) is 12.4. The molecule has 0 spiro atoms. The van der Waals surface area contributed by atoms with Crippen LogP contribution in [0.3, 0.4) is 0 Å². The molecule has 0 radical (unpaired) electrons. The van der Waals surface area contributed by atoms with Gasteiger partial charge in [0, 0.05) is 18.4 Å². The molecule has 0 bridgehead atoms. The van der Waals surface area contributed by atoms with Crippen LogP contribution in [0, 0.1) is 0 Å². The van der Waals surface area contributed by atoms with E-state index in [0.717, 1.165) is 36.0 Å². The quantitative estimate of drug-likeness (QED) is 0.768. The van der Waals surface area contributed by atoms with Crippen molar-refractivity contribution in [3.63, 3.8) is 0 Å². The van der Waals surface area contributed by atoms with Gasteiger partial charge in [0.05, 0.1) is 0 Å². The first-order chi connectivity index (χ1) is 8.85. The number of fused-ring (bicyclic) bond motifs is 1. The third-order valence-corrected chi connectivity index (χ3v) is 3.27. The summed E-state index contributed by atoms with van der Waals surface area (Å²) in [5.41, 5.74) is 3.14. The van der Waals surface area contributed by atoms with E-state index >= 15 is 0 Å². The Morgan fingerprint density at radius 1 is 1.17 bits per heavy atom. The highest BCUT2D eigenvalue weighted by Gasteiger charge is 2.23. The Morgan fingerprint density at radius 2 is 2.00 bits per heavy atom. The first-order valence-electron chi connectivity index (χ1n) is 6.14. The van der Waals surface area contributed by atoms with Crippen molar-refractivity contribution in [1.82, 2.24) is 0 Å². The number of carbonyl (C=O) groups is 1. The number of benzene rings is 2. The van der Waals surface area contributed by atoms with Gasteiger partial charge in [0.25, 0.3) is 0 Å². The van der Waals surface area contributed by atoms with Crippen molar-refractivity contribution < 1.29 is 9.53 Å². The molecule has 1 heterocycles. The van der Waals surface area contributed by atoms with Gasteiger partial charge in [-0.2, -0.15) is 0 Å². The molecule has 0 N–H and O–H groups in total. The summed E-state index contributed by atoms with van der Waals surface area (Å²) in [6.45, 7) is 0. The molecule has 2 nitrogen and oxygen atoms in total. The van der Waals surface area contributed by atoms with Gasteiger partial charge in [-0.1, -0.05) is 30.3 Å². The lowest BCUT2D eigenvalue weighted by Gasteiger charge is -2.10. The summed E-state index contributed by atoms with van der Waals surface area (Å²) in [5, 5.41) is 0. The zero-order valence-electron chi connectivity index (χ0n) is 10.0. The SMILES string of the molecule is O=Cc1ccc2c(c1)C[C@H](Cc1ccccc1)O2. The second kappa shape index (κ2) is 4.65. The summed E-state index contributed by atoms with van der Waals surface area (Å²) in [7, 11) is 0. The number of ether oxygens (including phenoxy) is 1. The second-order valence-electron chi connectivity index (χ2n) is 4.62. The van der Waals surface area contributed by atoms with Gasteiger partial charge >= 0.3 is 0 Å². The van der Waals surface area contributed by atoms with Crippen molar-refractivity contribution in [2.45, 2.75) is 18.9 Å². The molecule has 0 saturated carbocycles. The van der Waals surface area contributed by atoms with Crippen molar-refractivity contribution in [2.75, 3.05) is 0 Å². The van der Waals surface area contributed by atoms with Crippen LogP contribution < -0.4 is 4.74 Å². The summed E-state index contributed by atoms with van der Waals surface area (Å²) in [4.78, 5) is 10.7. The molecular weight excluding hydrogens is 224 g/mol. The largest absolute Gasteiger partial charge is 0.489 e. The number of hydrogen-bond donors (Lipinski definition) is 0. The molecule has 0 aromatic heterocycles. The highest BCUT2D eigenvalue weighted by atomic mass is 16.5. The minimum atomic E-state index is 0.185. The van der Waals surface area contributed by atoms with E-state index in [2.05, 4.69) is 12.1 Å². The molecule has 1 atom stereocenters. The summed E-state index contributed by atoms with van der Waals surface area (Å²) >= 11 is 0. The molecule has 2 heteroatoms. The topological polar surface area (TPSA) is 26.3 Å².